The first-order valence-corrected chi connectivity index (χ1v) is 8.49. The Morgan fingerprint density at radius 3 is 2.19 bits per heavy atom. The molecule has 0 heterocycles. The molecule has 0 aliphatic rings. The molecule has 5 nitrogen and oxygen atoms in total. The first-order valence-electron chi connectivity index (χ1n) is 8.49. The molecule has 0 radical (unpaired) electrons. The van der Waals surface area contributed by atoms with Gasteiger partial charge in [0.1, 0.15) is 5.75 Å². The zero-order valence-electron chi connectivity index (χ0n) is 15.6. The normalized spacial score (nSPS) is 10.6. The lowest BCUT2D eigenvalue weighted by atomic mass is 10.1. The van der Waals surface area contributed by atoms with Gasteiger partial charge in [-0.2, -0.15) is 8.78 Å². The van der Waals surface area contributed by atoms with Crippen molar-refractivity contribution in [3.8, 4) is 17.2 Å². The van der Waals surface area contributed by atoms with Crippen LogP contribution in [-0.4, -0.2) is 38.2 Å². The maximum absolute atomic E-state index is 12.6. The maximum atomic E-state index is 12.6. The topological polar surface area (TPSA) is 48.0 Å². The second-order valence-corrected chi connectivity index (χ2v) is 5.80. The average Bonchev–Trinajstić information content (AvgIpc) is 2.66. The van der Waals surface area contributed by atoms with Gasteiger partial charge in [0, 0.05) is 13.1 Å². The number of rotatable bonds is 9. The highest BCUT2D eigenvalue weighted by molar-refractivity contribution is 5.78. The van der Waals surface area contributed by atoms with Crippen LogP contribution in [0.1, 0.15) is 18.1 Å². The zero-order valence-corrected chi connectivity index (χ0v) is 15.6. The number of methoxy groups -OCH3 is 2. The maximum Gasteiger partial charge on any atom is 0.387 e. The van der Waals surface area contributed by atoms with Crippen LogP contribution in [-0.2, 0) is 17.8 Å². The van der Waals surface area contributed by atoms with Gasteiger partial charge in [0.05, 0.1) is 20.6 Å². The van der Waals surface area contributed by atoms with Gasteiger partial charge in [-0.3, -0.25) is 4.79 Å². The zero-order chi connectivity index (χ0) is 19.8. The molecule has 27 heavy (non-hydrogen) atoms. The van der Waals surface area contributed by atoms with Crippen molar-refractivity contribution < 1.29 is 27.8 Å². The van der Waals surface area contributed by atoms with E-state index in [0.29, 0.717) is 24.6 Å². The van der Waals surface area contributed by atoms with Crippen molar-refractivity contribution in [3.05, 3.63) is 53.6 Å². The van der Waals surface area contributed by atoms with Crippen molar-refractivity contribution in [2.75, 3.05) is 20.8 Å². The Bertz CT molecular complexity index is 750. The molecule has 146 valence electrons. The number of carbonyl (C=O) groups is 1. The van der Waals surface area contributed by atoms with Gasteiger partial charge >= 0.3 is 6.61 Å². The minimum atomic E-state index is -2.87. The number of hydrogen-bond acceptors (Lipinski definition) is 4. The van der Waals surface area contributed by atoms with Crippen LogP contribution < -0.4 is 14.2 Å². The van der Waals surface area contributed by atoms with Crippen molar-refractivity contribution >= 4 is 5.91 Å². The summed E-state index contributed by atoms with van der Waals surface area (Å²) < 4.78 is 39.2. The van der Waals surface area contributed by atoms with Crippen molar-refractivity contribution in [2.24, 2.45) is 0 Å². The summed E-state index contributed by atoms with van der Waals surface area (Å²) >= 11 is 0. The van der Waals surface area contributed by atoms with E-state index in [9.17, 15) is 13.6 Å². The van der Waals surface area contributed by atoms with E-state index in [1.165, 1.54) is 12.1 Å². The van der Waals surface area contributed by atoms with Crippen LogP contribution in [0.15, 0.2) is 42.5 Å². The molecule has 0 fully saturated rings. The van der Waals surface area contributed by atoms with Gasteiger partial charge < -0.3 is 19.1 Å². The van der Waals surface area contributed by atoms with E-state index >= 15 is 0 Å². The molecule has 0 aliphatic heterocycles. The first kappa shape index (κ1) is 20.5. The molecule has 2 rings (SSSR count). The number of nitrogens with zero attached hydrogens (tertiary/aromatic N) is 1. The Morgan fingerprint density at radius 1 is 1.00 bits per heavy atom. The van der Waals surface area contributed by atoms with Gasteiger partial charge in [0.2, 0.25) is 5.91 Å². The van der Waals surface area contributed by atoms with Gasteiger partial charge in [-0.05, 0) is 42.3 Å². The van der Waals surface area contributed by atoms with Crippen LogP contribution in [0.5, 0.6) is 17.2 Å². The molecule has 0 unspecified atom stereocenters. The van der Waals surface area contributed by atoms with E-state index in [0.717, 1.165) is 11.1 Å². The predicted molar refractivity (Wildman–Crippen MR) is 97.4 cm³/mol. The molecule has 2 aromatic rings. The van der Waals surface area contributed by atoms with Gasteiger partial charge in [-0.15, -0.1) is 0 Å². The Hall–Kier alpha value is -2.83. The minimum absolute atomic E-state index is 0.0604. The quantitative estimate of drug-likeness (QED) is 0.663. The monoisotopic (exact) mass is 379 g/mol. The van der Waals surface area contributed by atoms with Crippen LogP contribution in [0.25, 0.3) is 0 Å². The molecule has 1 amide bonds. The standard InChI is InChI=1S/C20H23F2NO4/c1-4-23(13-15-7-10-17(25-2)18(11-15)26-3)19(24)12-14-5-8-16(9-6-14)27-20(21)22/h5-11,20H,4,12-13H2,1-3H3. The van der Waals surface area contributed by atoms with Crippen molar-refractivity contribution in [3.63, 3.8) is 0 Å². The molecule has 2 aromatic carbocycles. The highest BCUT2D eigenvalue weighted by Gasteiger charge is 2.15. The Labute approximate surface area is 157 Å². The predicted octanol–water partition coefficient (Wildman–Crippen LogP) is 3.90. The fourth-order valence-electron chi connectivity index (χ4n) is 2.65. The van der Waals surface area contributed by atoms with Crippen molar-refractivity contribution in [2.45, 2.75) is 26.5 Å². The van der Waals surface area contributed by atoms with E-state index in [1.807, 2.05) is 19.1 Å². The van der Waals surface area contributed by atoms with E-state index in [-0.39, 0.29) is 18.1 Å². The molecule has 0 saturated carbocycles. The minimum Gasteiger partial charge on any atom is -0.493 e. The van der Waals surface area contributed by atoms with Gasteiger partial charge in [0.15, 0.2) is 11.5 Å². The highest BCUT2D eigenvalue weighted by atomic mass is 19.3. The number of ether oxygens (including phenoxy) is 3. The van der Waals surface area contributed by atoms with E-state index in [4.69, 9.17) is 9.47 Å². The summed E-state index contributed by atoms with van der Waals surface area (Å²) in [5.41, 5.74) is 1.65. The van der Waals surface area contributed by atoms with Crippen LogP contribution >= 0.6 is 0 Å². The molecular formula is C20H23F2NO4. The summed E-state index contributed by atoms with van der Waals surface area (Å²) in [6.45, 7) is 0.00909. The molecule has 0 aliphatic carbocycles. The van der Waals surface area contributed by atoms with Crippen molar-refractivity contribution in [1.82, 2.24) is 4.90 Å². The molecular weight excluding hydrogens is 356 g/mol. The molecule has 0 aromatic heterocycles. The van der Waals surface area contributed by atoms with E-state index in [1.54, 1.807) is 37.3 Å². The molecule has 0 spiro atoms. The molecule has 7 heteroatoms. The summed E-state index contributed by atoms with van der Waals surface area (Å²) in [4.78, 5) is 14.3. The number of likely N-dealkylation sites (N-methyl/N-ethyl adjacent to an activating group) is 1. The van der Waals surface area contributed by atoms with Gasteiger partial charge in [-0.25, -0.2) is 0 Å². The Morgan fingerprint density at radius 2 is 1.63 bits per heavy atom. The Balaban J connectivity index is 2.03. The smallest absolute Gasteiger partial charge is 0.387 e. The summed E-state index contributed by atoms with van der Waals surface area (Å²) in [5.74, 6) is 1.24. The summed E-state index contributed by atoms with van der Waals surface area (Å²) in [7, 11) is 3.13. The average molecular weight is 379 g/mol. The number of amides is 1. The fourth-order valence-corrected chi connectivity index (χ4v) is 2.65. The molecule has 0 atom stereocenters. The lowest BCUT2D eigenvalue weighted by Gasteiger charge is -2.22. The number of benzene rings is 2. The van der Waals surface area contributed by atoms with Crippen LogP contribution in [0.4, 0.5) is 8.78 Å². The van der Waals surface area contributed by atoms with E-state index in [2.05, 4.69) is 4.74 Å². The number of halogens is 2. The van der Waals surface area contributed by atoms with Crippen LogP contribution in [0, 0.1) is 0 Å². The van der Waals surface area contributed by atoms with Crippen LogP contribution in [0.3, 0.4) is 0 Å². The summed E-state index contributed by atoms with van der Waals surface area (Å²) in [6.07, 6.45) is 0.177. The van der Waals surface area contributed by atoms with Crippen LogP contribution in [0.2, 0.25) is 0 Å². The fraction of sp³-hybridized carbons (Fsp3) is 0.350. The SMILES string of the molecule is CCN(Cc1ccc(OC)c(OC)c1)C(=O)Cc1ccc(OC(F)F)cc1. The first-order chi connectivity index (χ1) is 13.0. The highest BCUT2D eigenvalue weighted by Crippen LogP contribution is 2.28. The third-order valence-corrected chi connectivity index (χ3v) is 4.06. The van der Waals surface area contributed by atoms with Gasteiger partial charge in [-0.1, -0.05) is 18.2 Å². The van der Waals surface area contributed by atoms with Crippen molar-refractivity contribution in [1.29, 1.82) is 0 Å². The molecule has 0 saturated heterocycles. The molecule has 0 N–H and O–H groups in total. The lowest BCUT2D eigenvalue weighted by molar-refractivity contribution is -0.130. The largest absolute Gasteiger partial charge is 0.493 e. The number of carbonyl (C=O) groups excluding carboxylic acids is 1. The summed E-state index contributed by atoms with van der Waals surface area (Å²) in [6, 6.07) is 11.6. The third kappa shape index (κ3) is 5.84. The molecule has 0 bridgehead atoms. The summed E-state index contributed by atoms with van der Waals surface area (Å²) in [5, 5.41) is 0. The number of alkyl halides is 2. The van der Waals surface area contributed by atoms with Gasteiger partial charge in [0.25, 0.3) is 0 Å². The second kappa shape index (κ2) is 9.75. The Kier molecular flexibility index (Phi) is 7.40. The third-order valence-electron chi connectivity index (χ3n) is 4.06. The second-order valence-electron chi connectivity index (χ2n) is 5.80. The number of hydrogen-bond donors (Lipinski definition) is 0. The lowest BCUT2D eigenvalue weighted by Crippen LogP contribution is -2.31. The van der Waals surface area contributed by atoms with E-state index < -0.39 is 6.61 Å².